The first-order valence-corrected chi connectivity index (χ1v) is 6.40. The lowest BCUT2D eigenvalue weighted by atomic mass is 9.64. The van der Waals surface area contributed by atoms with Gasteiger partial charge in [0.2, 0.25) is 0 Å². The van der Waals surface area contributed by atoms with Gasteiger partial charge in [0.15, 0.2) is 0 Å². The molecule has 0 amide bonds. The van der Waals surface area contributed by atoms with E-state index in [0.717, 1.165) is 6.54 Å². The number of benzene rings is 1. The molecule has 2 N–H and O–H groups in total. The van der Waals surface area contributed by atoms with Crippen molar-refractivity contribution in [1.29, 1.82) is 0 Å². The number of hydrogen-bond donors (Lipinski definition) is 1. The highest BCUT2D eigenvalue weighted by Crippen LogP contribution is 2.46. The van der Waals surface area contributed by atoms with Crippen LogP contribution in [0.25, 0.3) is 10.1 Å². The van der Waals surface area contributed by atoms with Gasteiger partial charge in [0.25, 0.3) is 0 Å². The Kier molecular flexibility index (Phi) is 2.08. The molecule has 1 fully saturated rings. The quantitative estimate of drug-likeness (QED) is 0.820. The maximum absolute atomic E-state index is 5.96. The van der Waals surface area contributed by atoms with E-state index in [0.29, 0.717) is 5.41 Å². The van der Waals surface area contributed by atoms with Crippen molar-refractivity contribution < 1.29 is 0 Å². The lowest BCUT2D eigenvalue weighted by Crippen LogP contribution is -2.41. The summed E-state index contributed by atoms with van der Waals surface area (Å²) >= 11 is 1.85. The summed E-state index contributed by atoms with van der Waals surface area (Å²) in [6, 6.07) is 8.67. The smallest absolute Gasteiger partial charge is 0.0345 e. The first-order chi connectivity index (χ1) is 7.36. The molecule has 0 radical (unpaired) electrons. The fourth-order valence-corrected chi connectivity index (χ4v) is 3.66. The molecule has 1 aliphatic carbocycles. The van der Waals surface area contributed by atoms with Crippen molar-refractivity contribution in [3.63, 3.8) is 0 Å². The Labute approximate surface area is 93.9 Å². The molecule has 0 atom stereocenters. The average Bonchev–Trinajstić information content (AvgIpc) is 2.62. The van der Waals surface area contributed by atoms with Crippen LogP contribution in [0.1, 0.15) is 24.8 Å². The van der Waals surface area contributed by atoms with Crippen LogP contribution >= 0.6 is 11.3 Å². The number of thiophene rings is 1. The van der Waals surface area contributed by atoms with Crippen molar-refractivity contribution in [2.75, 3.05) is 6.54 Å². The zero-order valence-corrected chi connectivity index (χ0v) is 9.52. The molecule has 1 aromatic carbocycles. The fraction of sp³-hybridized carbons (Fsp3) is 0.385. The van der Waals surface area contributed by atoms with Crippen LogP contribution in [0.4, 0.5) is 0 Å². The van der Waals surface area contributed by atoms with Crippen molar-refractivity contribution in [3.8, 4) is 0 Å². The molecule has 78 valence electrons. The highest BCUT2D eigenvalue weighted by molar-refractivity contribution is 7.17. The summed E-state index contributed by atoms with van der Waals surface area (Å²) in [4.78, 5) is 0. The summed E-state index contributed by atoms with van der Waals surface area (Å²) in [5.41, 5.74) is 7.76. The van der Waals surface area contributed by atoms with Gasteiger partial charge in [0.1, 0.15) is 0 Å². The van der Waals surface area contributed by atoms with Crippen LogP contribution in [0.3, 0.4) is 0 Å². The minimum atomic E-state index is 0.305. The predicted molar refractivity (Wildman–Crippen MR) is 66.4 cm³/mol. The Morgan fingerprint density at radius 3 is 2.73 bits per heavy atom. The molecule has 0 saturated heterocycles. The zero-order valence-electron chi connectivity index (χ0n) is 8.70. The van der Waals surface area contributed by atoms with Crippen LogP contribution in [-0.2, 0) is 5.41 Å². The third-order valence-corrected chi connectivity index (χ3v) is 4.72. The molecule has 3 rings (SSSR count). The minimum absolute atomic E-state index is 0.305. The van der Waals surface area contributed by atoms with Gasteiger partial charge in [-0.15, -0.1) is 11.3 Å². The van der Waals surface area contributed by atoms with Gasteiger partial charge in [0.05, 0.1) is 0 Å². The van der Waals surface area contributed by atoms with Crippen molar-refractivity contribution in [2.45, 2.75) is 24.7 Å². The van der Waals surface area contributed by atoms with Gasteiger partial charge < -0.3 is 5.73 Å². The van der Waals surface area contributed by atoms with Crippen molar-refractivity contribution in [1.82, 2.24) is 0 Å². The lowest BCUT2D eigenvalue weighted by Gasteiger charge is -2.41. The van der Waals surface area contributed by atoms with E-state index in [-0.39, 0.29) is 0 Å². The molecule has 1 saturated carbocycles. The lowest BCUT2D eigenvalue weighted by molar-refractivity contribution is 0.256. The van der Waals surface area contributed by atoms with Gasteiger partial charge in [-0.05, 0) is 35.2 Å². The molecule has 2 aromatic rings. The van der Waals surface area contributed by atoms with E-state index < -0.39 is 0 Å². The van der Waals surface area contributed by atoms with E-state index in [2.05, 4.69) is 29.6 Å². The summed E-state index contributed by atoms with van der Waals surface area (Å²) in [7, 11) is 0. The molecular weight excluding hydrogens is 202 g/mol. The molecule has 1 aliphatic rings. The molecule has 0 bridgehead atoms. The SMILES string of the molecule is NCC1(c2csc3ccccc23)CCC1. The standard InChI is InChI=1S/C13H15NS/c14-9-13(6-3-7-13)11-8-15-12-5-2-1-4-10(11)12/h1-2,4-5,8H,3,6-7,9,14H2. The van der Waals surface area contributed by atoms with Crippen molar-refractivity contribution >= 4 is 21.4 Å². The monoisotopic (exact) mass is 217 g/mol. The molecular formula is C13H15NS. The first-order valence-electron chi connectivity index (χ1n) is 5.52. The van der Waals surface area contributed by atoms with Gasteiger partial charge >= 0.3 is 0 Å². The van der Waals surface area contributed by atoms with Crippen LogP contribution in [0.2, 0.25) is 0 Å². The third-order valence-electron chi connectivity index (χ3n) is 3.75. The molecule has 1 heterocycles. The third kappa shape index (κ3) is 1.25. The largest absolute Gasteiger partial charge is 0.330 e. The van der Waals surface area contributed by atoms with Gasteiger partial charge in [-0.3, -0.25) is 0 Å². The van der Waals surface area contributed by atoms with Crippen LogP contribution in [-0.4, -0.2) is 6.54 Å². The van der Waals surface area contributed by atoms with Gasteiger partial charge in [0, 0.05) is 16.7 Å². The van der Waals surface area contributed by atoms with Crippen molar-refractivity contribution in [2.24, 2.45) is 5.73 Å². The van der Waals surface area contributed by atoms with Crippen LogP contribution in [0.5, 0.6) is 0 Å². The molecule has 0 aliphatic heterocycles. The second-order valence-corrected chi connectivity index (χ2v) is 5.39. The topological polar surface area (TPSA) is 26.0 Å². The van der Waals surface area contributed by atoms with E-state index >= 15 is 0 Å². The Bertz CT molecular complexity index is 476. The number of hydrogen-bond acceptors (Lipinski definition) is 2. The highest BCUT2D eigenvalue weighted by atomic mass is 32.1. The molecule has 1 aromatic heterocycles. The predicted octanol–water partition coefficient (Wildman–Crippen LogP) is 3.28. The Morgan fingerprint density at radius 2 is 2.07 bits per heavy atom. The van der Waals surface area contributed by atoms with Gasteiger partial charge in [-0.25, -0.2) is 0 Å². The maximum Gasteiger partial charge on any atom is 0.0345 e. The van der Waals surface area contributed by atoms with E-state index in [4.69, 9.17) is 5.73 Å². The Hall–Kier alpha value is -0.860. The zero-order chi connectivity index (χ0) is 10.3. The number of fused-ring (bicyclic) bond motifs is 1. The molecule has 2 heteroatoms. The van der Waals surface area contributed by atoms with Gasteiger partial charge in [-0.1, -0.05) is 24.6 Å². The first kappa shape index (κ1) is 9.37. The minimum Gasteiger partial charge on any atom is -0.330 e. The van der Waals surface area contributed by atoms with Crippen LogP contribution < -0.4 is 5.73 Å². The molecule has 0 spiro atoms. The normalized spacial score (nSPS) is 19.0. The van der Waals surface area contributed by atoms with E-state index in [1.54, 1.807) is 0 Å². The number of rotatable bonds is 2. The second kappa shape index (κ2) is 3.32. The summed E-state index contributed by atoms with van der Waals surface area (Å²) in [5.74, 6) is 0. The Morgan fingerprint density at radius 1 is 1.27 bits per heavy atom. The maximum atomic E-state index is 5.96. The molecule has 1 nitrogen and oxygen atoms in total. The van der Waals surface area contributed by atoms with Crippen molar-refractivity contribution in [3.05, 3.63) is 35.2 Å². The molecule has 15 heavy (non-hydrogen) atoms. The average molecular weight is 217 g/mol. The summed E-state index contributed by atoms with van der Waals surface area (Å²) in [5, 5.41) is 3.74. The highest BCUT2D eigenvalue weighted by Gasteiger charge is 2.38. The van der Waals surface area contributed by atoms with E-state index in [1.165, 1.54) is 34.9 Å². The summed E-state index contributed by atoms with van der Waals surface area (Å²) in [6.45, 7) is 0.799. The van der Waals surface area contributed by atoms with E-state index in [1.807, 2.05) is 11.3 Å². The fourth-order valence-electron chi connectivity index (χ4n) is 2.58. The molecule has 0 unspecified atom stereocenters. The van der Waals surface area contributed by atoms with Crippen LogP contribution in [0, 0.1) is 0 Å². The summed E-state index contributed by atoms with van der Waals surface area (Å²) in [6.07, 6.45) is 3.87. The Balaban J connectivity index is 2.18. The number of nitrogens with two attached hydrogens (primary N) is 1. The van der Waals surface area contributed by atoms with E-state index in [9.17, 15) is 0 Å². The van der Waals surface area contributed by atoms with Crippen LogP contribution in [0.15, 0.2) is 29.6 Å². The van der Waals surface area contributed by atoms with Gasteiger partial charge in [-0.2, -0.15) is 0 Å². The second-order valence-electron chi connectivity index (χ2n) is 4.48. The summed E-state index contributed by atoms with van der Waals surface area (Å²) < 4.78 is 1.40.